The summed E-state index contributed by atoms with van der Waals surface area (Å²) in [5.41, 5.74) is 6.45. The Morgan fingerprint density at radius 1 is 1.25 bits per heavy atom. The van der Waals surface area contributed by atoms with E-state index in [2.05, 4.69) is 15.6 Å². The minimum Gasteiger partial charge on any atom is -0.508 e. The third kappa shape index (κ3) is 4.60. The minimum absolute atomic E-state index is 0.116. The van der Waals surface area contributed by atoms with E-state index in [0.717, 1.165) is 5.56 Å². The van der Waals surface area contributed by atoms with Gasteiger partial charge in [-0.3, -0.25) is 14.4 Å². The van der Waals surface area contributed by atoms with Crippen LogP contribution >= 0.6 is 0 Å². The van der Waals surface area contributed by atoms with Gasteiger partial charge >= 0.3 is 0 Å². The van der Waals surface area contributed by atoms with Crippen molar-refractivity contribution in [1.82, 2.24) is 10.3 Å². The van der Waals surface area contributed by atoms with Gasteiger partial charge in [-0.2, -0.15) is 0 Å². The van der Waals surface area contributed by atoms with E-state index in [1.807, 2.05) is 0 Å². The number of carbonyl (C=O) groups excluding carboxylic acids is 3. The van der Waals surface area contributed by atoms with E-state index in [1.54, 1.807) is 12.1 Å². The third-order valence-electron chi connectivity index (χ3n) is 3.29. The minimum atomic E-state index is -0.807. The zero-order valence-corrected chi connectivity index (χ0v) is 13.0. The molecule has 6 N–H and O–H groups in total. The number of hydrogen-bond acceptors (Lipinski definition) is 4. The lowest BCUT2D eigenvalue weighted by atomic mass is 10.0. The predicted molar refractivity (Wildman–Crippen MR) is 87.4 cm³/mol. The van der Waals surface area contributed by atoms with Gasteiger partial charge in [0.25, 0.3) is 5.91 Å². The molecule has 1 atom stereocenters. The van der Waals surface area contributed by atoms with Gasteiger partial charge in [0, 0.05) is 19.5 Å². The lowest BCUT2D eigenvalue weighted by Crippen LogP contribution is -2.44. The van der Waals surface area contributed by atoms with Crippen LogP contribution in [0.4, 0.5) is 5.69 Å². The molecule has 0 aliphatic rings. The quantitative estimate of drug-likeness (QED) is 0.527. The van der Waals surface area contributed by atoms with E-state index >= 15 is 0 Å². The number of phenolic OH excluding ortho intramolecular Hbond substituents is 1. The molecule has 0 aliphatic carbocycles. The Kier molecular flexibility index (Phi) is 5.20. The molecule has 2 aromatic rings. The first-order valence-electron chi connectivity index (χ1n) is 7.19. The van der Waals surface area contributed by atoms with Crippen molar-refractivity contribution in [3.63, 3.8) is 0 Å². The number of benzene rings is 1. The molecule has 0 bridgehead atoms. The van der Waals surface area contributed by atoms with Gasteiger partial charge in [-0.05, 0) is 23.8 Å². The number of aromatic nitrogens is 1. The van der Waals surface area contributed by atoms with Gasteiger partial charge in [-0.1, -0.05) is 12.1 Å². The van der Waals surface area contributed by atoms with Crippen molar-refractivity contribution in [3.05, 3.63) is 47.8 Å². The molecule has 0 fully saturated rings. The van der Waals surface area contributed by atoms with E-state index in [-0.39, 0.29) is 23.8 Å². The molecule has 126 valence electrons. The van der Waals surface area contributed by atoms with Crippen LogP contribution in [0.1, 0.15) is 23.0 Å². The first-order valence-corrected chi connectivity index (χ1v) is 7.19. The third-order valence-corrected chi connectivity index (χ3v) is 3.29. The molecular formula is C16H18N4O4. The lowest BCUT2D eigenvalue weighted by Gasteiger charge is -2.17. The molecule has 0 radical (unpaired) electrons. The Labute approximate surface area is 138 Å². The number of aromatic amines is 1. The molecule has 0 saturated carbocycles. The van der Waals surface area contributed by atoms with Crippen molar-refractivity contribution < 1.29 is 19.5 Å². The number of anilines is 1. The van der Waals surface area contributed by atoms with Crippen molar-refractivity contribution >= 4 is 23.4 Å². The molecule has 3 amide bonds. The zero-order valence-electron chi connectivity index (χ0n) is 13.0. The van der Waals surface area contributed by atoms with Crippen LogP contribution in [-0.4, -0.2) is 33.9 Å². The van der Waals surface area contributed by atoms with Crippen LogP contribution in [0, 0.1) is 0 Å². The number of aromatic hydroxyl groups is 1. The number of H-pyrrole nitrogens is 1. The van der Waals surface area contributed by atoms with Gasteiger partial charge < -0.3 is 26.5 Å². The maximum absolute atomic E-state index is 12.4. The second kappa shape index (κ2) is 7.32. The molecule has 24 heavy (non-hydrogen) atoms. The van der Waals surface area contributed by atoms with Gasteiger partial charge in [-0.15, -0.1) is 0 Å². The average Bonchev–Trinajstić information content (AvgIpc) is 2.97. The number of nitrogens with two attached hydrogens (primary N) is 1. The van der Waals surface area contributed by atoms with Gasteiger partial charge in [-0.25, -0.2) is 0 Å². The molecule has 2 rings (SSSR count). The Hall–Kier alpha value is -3.29. The van der Waals surface area contributed by atoms with E-state index < -0.39 is 17.9 Å². The topological polar surface area (TPSA) is 137 Å². The molecule has 8 nitrogen and oxygen atoms in total. The molecule has 1 aromatic carbocycles. The smallest absolute Gasteiger partial charge is 0.265 e. The fraction of sp³-hybridized carbons (Fsp3) is 0.188. The first-order chi connectivity index (χ1) is 11.3. The van der Waals surface area contributed by atoms with Crippen molar-refractivity contribution in [2.24, 2.45) is 5.73 Å². The SMILES string of the molecule is CC(=O)N[C@@H](Cc1ccc(O)cc1)C(=O)Nc1c[nH]c(C(N)=O)c1. The summed E-state index contributed by atoms with van der Waals surface area (Å²) in [6, 6.07) is 6.94. The molecule has 1 aromatic heterocycles. The van der Waals surface area contributed by atoms with Crippen LogP contribution in [0.3, 0.4) is 0 Å². The van der Waals surface area contributed by atoms with Gasteiger partial charge in [0.2, 0.25) is 11.8 Å². The highest BCUT2D eigenvalue weighted by Gasteiger charge is 2.20. The van der Waals surface area contributed by atoms with Crippen LogP contribution in [-0.2, 0) is 16.0 Å². The van der Waals surface area contributed by atoms with Crippen LogP contribution in [0.5, 0.6) is 5.75 Å². The summed E-state index contributed by atoms with van der Waals surface area (Å²) in [5.74, 6) is -1.31. The second-order valence-corrected chi connectivity index (χ2v) is 5.28. The number of hydrogen-bond donors (Lipinski definition) is 5. The summed E-state index contributed by atoms with van der Waals surface area (Å²) in [5, 5.41) is 14.5. The Balaban J connectivity index is 2.10. The Morgan fingerprint density at radius 3 is 2.46 bits per heavy atom. The molecule has 8 heteroatoms. The van der Waals surface area contributed by atoms with Crippen molar-refractivity contribution in [1.29, 1.82) is 0 Å². The summed E-state index contributed by atoms with van der Waals surface area (Å²) in [6.07, 6.45) is 1.68. The average molecular weight is 330 g/mol. The van der Waals surface area contributed by atoms with E-state index in [1.165, 1.54) is 31.3 Å². The predicted octanol–water partition coefficient (Wildman–Crippen LogP) is 0.505. The molecule has 0 unspecified atom stereocenters. The lowest BCUT2D eigenvalue weighted by molar-refractivity contribution is -0.125. The molecule has 0 aliphatic heterocycles. The normalized spacial score (nSPS) is 11.5. The summed E-state index contributed by atoms with van der Waals surface area (Å²) in [7, 11) is 0. The number of carbonyl (C=O) groups is 3. The van der Waals surface area contributed by atoms with E-state index in [0.29, 0.717) is 5.69 Å². The molecule has 0 saturated heterocycles. The van der Waals surface area contributed by atoms with Crippen molar-refractivity contribution in [2.75, 3.05) is 5.32 Å². The van der Waals surface area contributed by atoms with Crippen LogP contribution in [0.25, 0.3) is 0 Å². The van der Waals surface area contributed by atoms with Gasteiger partial charge in [0.1, 0.15) is 17.5 Å². The Morgan fingerprint density at radius 2 is 1.92 bits per heavy atom. The number of phenols is 1. The number of primary amides is 1. The summed E-state index contributed by atoms with van der Waals surface area (Å²) in [6.45, 7) is 1.32. The van der Waals surface area contributed by atoms with Crippen LogP contribution in [0.15, 0.2) is 36.5 Å². The maximum Gasteiger partial charge on any atom is 0.265 e. The van der Waals surface area contributed by atoms with E-state index in [9.17, 15) is 19.5 Å². The first kappa shape index (κ1) is 17.1. The second-order valence-electron chi connectivity index (χ2n) is 5.28. The summed E-state index contributed by atoms with van der Waals surface area (Å²) in [4.78, 5) is 37.4. The highest BCUT2D eigenvalue weighted by Crippen LogP contribution is 2.13. The Bertz CT molecular complexity index is 752. The number of rotatable bonds is 6. The van der Waals surface area contributed by atoms with Crippen molar-refractivity contribution in [2.45, 2.75) is 19.4 Å². The fourth-order valence-electron chi connectivity index (χ4n) is 2.16. The molecule has 1 heterocycles. The maximum atomic E-state index is 12.4. The highest BCUT2D eigenvalue weighted by molar-refractivity contribution is 5.99. The fourth-order valence-corrected chi connectivity index (χ4v) is 2.16. The van der Waals surface area contributed by atoms with Gasteiger partial charge in [0.15, 0.2) is 0 Å². The van der Waals surface area contributed by atoms with E-state index in [4.69, 9.17) is 5.73 Å². The van der Waals surface area contributed by atoms with Crippen LogP contribution in [0.2, 0.25) is 0 Å². The summed E-state index contributed by atoms with van der Waals surface area (Å²) < 4.78 is 0. The highest BCUT2D eigenvalue weighted by atomic mass is 16.3. The molecular weight excluding hydrogens is 312 g/mol. The monoisotopic (exact) mass is 330 g/mol. The number of nitrogens with one attached hydrogen (secondary N) is 3. The largest absolute Gasteiger partial charge is 0.508 e. The van der Waals surface area contributed by atoms with Crippen molar-refractivity contribution in [3.8, 4) is 5.75 Å². The van der Waals surface area contributed by atoms with Gasteiger partial charge in [0.05, 0.1) is 5.69 Å². The zero-order chi connectivity index (χ0) is 17.7. The van der Waals surface area contributed by atoms with Crippen LogP contribution < -0.4 is 16.4 Å². The standard InChI is InChI=1S/C16H18N4O4/c1-9(21)19-14(6-10-2-4-12(22)5-3-10)16(24)20-11-7-13(15(17)23)18-8-11/h2-5,7-8,14,18,22H,6H2,1H3,(H2,17,23)(H,19,21)(H,20,24)/t14-/m0/s1. The summed E-state index contributed by atoms with van der Waals surface area (Å²) >= 11 is 0. The molecule has 0 spiro atoms. The number of amides is 3.